The maximum atomic E-state index is 11.2. The smallest absolute Gasteiger partial charge is 0.157 e. The van der Waals surface area contributed by atoms with E-state index in [9.17, 15) is 4.79 Å². The topological polar surface area (TPSA) is 20.3 Å². The number of allylic oxidation sites excluding steroid dienone is 2. The Hall–Kier alpha value is -1.57. The minimum atomic E-state index is 0.241. The molecule has 1 aromatic rings. The molecule has 0 bridgehead atoms. The van der Waals surface area contributed by atoms with Crippen LogP contribution in [0.1, 0.15) is 18.4 Å². The summed E-state index contributed by atoms with van der Waals surface area (Å²) in [5.74, 6) is 0.241. The molecular weight excluding hydrogens is 186 g/mol. The molecule has 2 rings (SSSR count). The van der Waals surface area contributed by atoms with Gasteiger partial charge in [-0.25, -0.2) is 0 Å². The van der Waals surface area contributed by atoms with Gasteiger partial charge >= 0.3 is 0 Å². The van der Waals surface area contributed by atoms with E-state index in [0.717, 1.165) is 12.1 Å². The molecule has 1 aliphatic carbocycles. The first-order chi connectivity index (χ1) is 7.18. The lowest BCUT2D eigenvalue weighted by atomic mass is 10.1. The minimum absolute atomic E-state index is 0.241. The van der Waals surface area contributed by atoms with Crippen LogP contribution in [0, 0.1) is 6.92 Å². The lowest BCUT2D eigenvalue weighted by Gasteiger charge is -2.22. The number of nitrogens with zero attached hydrogens (tertiary/aromatic N) is 1. The summed E-state index contributed by atoms with van der Waals surface area (Å²) in [6.07, 6.45) is 3.28. The number of benzene rings is 1. The van der Waals surface area contributed by atoms with E-state index in [0.29, 0.717) is 6.42 Å². The molecule has 0 aliphatic heterocycles. The van der Waals surface area contributed by atoms with Crippen molar-refractivity contribution in [3.63, 3.8) is 0 Å². The molecule has 0 unspecified atom stereocenters. The molecule has 0 radical (unpaired) electrons. The van der Waals surface area contributed by atoms with Crippen LogP contribution in [0.4, 0.5) is 5.69 Å². The predicted molar refractivity (Wildman–Crippen MR) is 61.9 cm³/mol. The van der Waals surface area contributed by atoms with Crippen LogP contribution >= 0.6 is 0 Å². The molecule has 0 N–H and O–H groups in total. The van der Waals surface area contributed by atoms with Gasteiger partial charge in [-0.05, 0) is 25.0 Å². The van der Waals surface area contributed by atoms with Crippen LogP contribution in [0.15, 0.2) is 36.0 Å². The van der Waals surface area contributed by atoms with Crippen LogP contribution in [-0.2, 0) is 4.79 Å². The zero-order chi connectivity index (χ0) is 10.8. The van der Waals surface area contributed by atoms with Gasteiger partial charge in [0, 0.05) is 30.9 Å². The molecule has 1 aromatic carbocycles. The summed E-state index contributed by atoms with van der Waals surface area (Å²) in [6, 6.07) is 8.22. The van der Waals surface area contributed by atoms with E-state index in [1.54, 1.807) is 6.08 Å². The molecule has 0 atom stereocenters. The Morgan fingerprint density at radius 3 is 2.53 bits per heavy atom. The summed E-state index contributed by atoms with van der Waals surface area (Å²) in [5, 5.41) is 0. The van der Waals surface area contributed by atoms with Crippen molar-refractivity contribution in [2.24, 2.45) is 0 Å². The fourth-order valence-electron chi connectivity index (χ4n) is 1.94. The number of carbonyl (C=O) groups excluding carboxylic acids is 1. The number of para-hydroxylation sites is 1. The summed E-state index contributed by atoms with van der Waals surface area (Å²) < 4.78 is 0. The van der Waals surface area contributed by atoms with Crippen molar-refractivity contribution >= 4 is 11.5 Å². The molecule has 15 heavy (non-hydrogen) atoms. The minimum Gasteiger partial charge on any atom is -0.348 e. The second-order valence-corrected chi connectivity index (χ2v) is 3.95. The van der Waals surface area contributed by atoms with Crippen molar-refractivity contribution < 1.29 is 4.79 Å². The third-order valence-electron chi connectivity index (χ3n) is 2.86. The lowest BCUT2D eigenvalue weighted by molar-refractivity contribution is -0.114. The van der Waals surface area contributed by atoms with E-state index in [2.05, 4.69) is 24.0 Å². The summed E-state index contributed by atoms with van der Waals surface area (Å²) >= 11 is 0. The maximum absolute atomic E-state index is 11.2. The normalized spacial score (nSPS) is 15.3. The zero-order valence-corrected chi connectivity index (χ0v) is 9.16. The predicted octanol–water partition coefficient (Wildman–Crippen LogP) is 2.68. The van der Waals surface area contributed by atoms with Crippen molar-refractivity contribution in [2.45, 2.75) is 19.8 Å². The van der Waals surface area contributed by atoms with Crippen molar-refractivity contribution in [2.75, 3.05) is 11.9 Å². The van der Waals surface area contributed by atoms with Gasteiger partial charge in [0.2, 0.25) is 0 Å². The SMILES string of the molecule is Cc1ccccc1N(C)C1=CC(=O)CC1. The average molecular weight is 201 g/mol. The fraction of sp³-hybridized carbons (Fsp3) is 0.308. The van der Waals surface area contributed by atoms with E-state index >= 15 is 0 Å². The Bertz CT molecular complexity index is 420. The first kappa shape index (κ1) is 9.97. The molecule has 0 heterocycles. The summed E-state index contributed by atoms with van der Waals surface area (Å²) in [6.45, 7) is 2.09. The number of carbonyl (C=O) groups is 1. The van der Waals surface area contributed by atoms with E-state index in [4.69, 9.17) is 0 Å². The third-order valence-corrected chi connectivity index (χ3v) is 2.86. The lowest BCUT2D eigenvalue weighted by Crippen LogP contribution is -2.15. The number of hydrogen-bond donors (Lipinski definition) is 0. The summed E-state index contributed by atoms with van der Waals surface area (Å²) in [5.41, 5.74) is 3.54. The van der Waals surface area contributed by atoms with Crippen LogP contribution in [0.25, 0.3) is 0 Å². The first-order valence-corrected chi connectivity index (χ1v) is 5.21. The molecule has 0 aromatic heterocycles. The molecule has 0 amide bonds. The van der Waals surface area contributed by atoms with Gasteiger partial charge in [-0.15, -0.1) is 0 Å². The van der Waals surface area contributed by atoms with Gasteiger partial charge in [-0.3, -0.25) is 4.79 Å². The summed E-state index contributed by atoms with van der Waals surface area (Å²) in [7, 11) is 2.02. The van der Waals surface area contributed by atoms with Crippen molar-refractivity contribution in [3.05, 3.63) is 41.6 Å². The first-order valence-electron chi connectivity index (χ1n) is 5.21. The molecule has 1 aliphatic rings. The van der Waals surface area contributed by atoms with Gasteiger partial charge in [-0.1, -0.05) is 18.2 Å². The molecule has 0 saturated heterocycles. The van der Waals surface area contributed by atoms with Crippen LogP contribution in [-0.4, -0.2) is 12.8 Å². The highest BCUT2D eigenvalue weighted by molar-refractivity contribution is 5.93. The van der Waals surface area contributed by atoms with Gasteiger partial charge in [-0.2, -0.15) is 0 Å². The van der Waals surface area contributed by atoms with Crippen LogP contribution in [0.2, 0.25) is 0 Å². The van der Waals surface area contributed by atoms with Gasteiger partial charge in [0.25, 0.3) is 0 Å². The average Bonchev–Trinajstić information content (AvgIpc) is 2.65. The van der Waals surface area contributed by atoms with Crippen LogP contribution in [0.5, 0.6) is 0 Å². The number of ketones is 1. The number of anilines is 1. The molecule has 2 nitrogen and oxygen atoms in total. The van der Waals surface area contributed by atoms with Crippen molar-refractivity contribution in [1.29, 1.82) is 0 Å². The highest BCUT2D eigenvalue weighted by Gasteiger charge is 2.16. The Morgan fingerprint density at radius 1 is 1.20 bits per heavy atom. The highest BCUT2D eigenvalue weighted by Crippen LogP contribution is 2.26. The molecule has 78 valence electrons. The van der Waals surface area contributed by atoms with E-state index < -0.39 is 0 Å². The fourth-order valence-corrected chi connectivity index (χ4v) is 1.94. The van der Waals surface area contributed by atoms with Crippen LogP contribution < -0.4 is 4.90 Å². The number of hydrogen-bond acceptors (Lipinski definition) is 2. The number of aryl methyl sites for hydroxylation is 1. The monoisotopic (exact) mass is 201 g/mol. The molecular formula is C13H15NO. The molecule has 0 saturated carbocycles. The Kier molecular flexibility index (Phi) is 2.58. The second kappa shape index (κ2) is 3.89. The van der Waals surface area contributed by atoms with Gasteiger partial charge in [0.05, 0.1) is 0 Å². The van der Waals surface area contributed by atoms with Gasteiger partial charge < -0.3 is 4.90 Å². The quantitative estimate of drug-likeness (QED) is 0.733. The molecule has 0 fully saturated rings. The standard InChI is InChI=1S/C13H15NO/c1-10-5-3-4-6-13(10)14(2)11-7-8-12(15)9-11/h3-6,9H,7-8H2,1-2H3. The van der Waals surface area contributed by atoms with E-state index in [-0.39, 0.29) is 5.78 Å². The Morgan fingerprint density at radius 2 is 1.93 bits per heavy atom. The zero-order valence-electron chi connectivity index (χ0n) is 9.16. The van der Waals surface area contributed by atoms with Gasteiger partial charge in [0.1, 0.15) is 0 Å². The van der Waals surface area contributed by atoms with Gasteiger partial charge in [0.15, 0.2) is 5.78 Å². The van der Waals surface area contributed by atoms with Crippen molar-refractivity contribution in [3.8, 4) is 0 Å². The van der Waals surface area contributed by atoms with E-state index in [1.165, 1.54) is 11.3 Å². The second-order valence-electron chi connectivity index (χ2n) is 3.95. The van der Waals surface area contributed by atoms with Crippen LogP contribution in [0.3, 0.4) is 0 Å². The highest BCUT2D eigenvalue weighted by atomic mass is 16.1. The largest absolute Gasteiger partial charge is 0.348 e. The summed E-state index contributed by atoms with van der Waals surface area (Å²) in [4.78, 5) is 13.3. The Labute approximate surface area is 90.2 Å². The molecule has 2 heteroatoms. The number of rotatable bonds is 2. The third kappa shape index (κ3) is 1.94. The van der Waals surface area contributed by atoms with E-state index in [1.807, 2.05) is 19.2 Å². The molecule has 0 spiro atoms. The van der Waals surface area contributed by atoms with Crippen molar-refractivity contribution in [1.82, 2.24) is 0 Å². The maximum Gasteiger partial charge on any atom is 0.157 e. The Balaban J connectivity index is 2.29.